The highest BCUT2D eigenvalue weighted by Gasteiger charge is 2.29. The predicted molar refractivity (Wildman–Crippen MR) is 131 cm³/mol. The number of hydrogen-bond donors (Lipinski definition) is 2. The van der Waals surface area contributed by atoms with Gasteiger partial charge >= 0.3 is 6.03 Å². The number of urea groups is 1. The minimum atomic E-state index is -4.01. The zero-order valence-electron chi connectivity index (χ0n) is 19.0. The van der Waals surface area contributed by atoms with E-state index in [1.807, 2.05) is 6.07 Å². The van der Waals surface area contributed by atoms with Gasteiger partial charge in [0.15, 0.2) is 0 Å². The quantitative estimate of drug-likeness (QED) is 0.679. The lowest BCUT2D eigenvalue weighted by Crippen LogP contribution is -2.36. The highest BCUT2D eigenvalue weighted by Crippen LogP contribution is 2.38. The van der Waals surface area contributed by atoms with Gasteiger partial charge in [-0.2, -0.15) is 0 Å². The average Bonchev–Trinajstić information content (AvgIpc) is 3.57. The first-order valence-corrected chi connectivity index (χ1v) is 13.5. The number of nitrogens with one attached hydrogen (secondary N) is 2. The summed E-state index contributed by atoms with van der Waals surface area (Å²) < 4.78 is 27.4. The monoisotopic (exact) mass is 479 g/mol. The molecule has 5 rings (SSSR count). The topological polar surface area (TPSA) is 95.6 Å². The third-order valence-electron chi connectivity index (χ3n) is 7.01. The molecule has 8 heteroatoms. The van der Waals surface area contributed by atoms with E-state index in [1.54, 1.807) is 29.2 Å². The molecule has 0 bridgehead atoms. The number of carbonyl (C=O) groups is 2. The normalized spacial score (nSPS) is 19.3. The number of benzene rings is 2. The Kier molecular flexibility index (Phi) is 6.16. The third-order valence-corrected chi connectivity index (χ3v) is 7.99. The summed E-state index contributed by atoms with van der Waals surface area (Å²) in [5, 5.41) is 3.86. The minimum Gasteiger partial charge on any atom is -0.332 e. The van der Waals surface area contributed by atoms with E-state index in [9.17, 15) is 18.0 Å². The summed E-state index contributed by atoms with van der Waals surface area (Å²) >= 11 is 0. The first-order valence-electron chi connectivity index (χ1n) is 12.0. The molecular formula is C26H29N3O4S. The fourth-order valence-corrected chi connectivity index (χ4v) is 6.22. The number of rotatable bonds is 5. The lowest BCUT2D eigenvalue weighted by atomic mass is 9.99. The number of sulfonamides is 1. The largest absolute Gasteiger partial charge is 0.333 e. The zero-order chi connectivity index (χ0) is 23.7. The molecule has 1 heterocycles. The van der Waals surface area contributed by atoms with Crippen LogP contribution >= 0.6 is 0 Å². The number of amides is 3. The molecule has 2 aromatic rings. The van der Waals surface area contributed by atoms with E-state index >= 15 is 0 Å². The predicted octanol–water partition coefficient (Wildman–Crippen LogP) is 3.93. The Hall–Kier alpha value is -3.13. The van der Waals surface area contributed by atoms with Crippen molar-refractivity contribution in [2.45, 2.75) is 57.4 Å². The maximum absolute atomic E-state index is 12.8. The Morgan fingerprint density at radius 2 is 1.62 bits per heavy atom. The standard InChI is InChI=1S/C26H29N3O4S/c30-25(18-7-2-1-3-8-18)29-15-6-11-21(29)14-16-34(32,33)28-26(31)27-24-22-12-4-9-19(22)17-20-10-5-13-23(20)24/h1-3,7-8,14,16-17,21H,4-6,9-13,15H2,(H2,27,28,31)/b16-14+. The number of aryl methyl sites for hydroxylation is 2. The Bertz CT molecular complexity index is 1220. The van der Waals surface area contributed by atoms with E-state index in [-0.39, 0.29) is 11.9 Å². The van der Waals surface area contributed by atoms with Crippen LogP contribution in [-0.2, 0) is 35.7 Å². The molecule has 1 unspecified atom stereocenters. The summed E-state index contributed by atoms with van der Waals surface area (Å²) in [6.45, 7) is 0.570. The van der Waals surface area contributed by atoms with Crippen molar-refractivity contribution >= 4 is 27.6 Å². The molecule has 0 radical (unpaired) electrons. The van der Waals surface area contributed by atoms with Crippen molar-refractivity contribution in [1.29, 1.82) is 0 Å². The number of fused-ring (bicyclic) bond motifs is 2. The number of hydrogen-bond acceptors (Lipinski definition) is 4. The van der Waals surface area contributed by atoms with Gasteiger partial charge in [0.25, 0.3) is 15.9 Å². The van der Waals surface area contributed by atoms with E-state index in [0.717, 1.165) is 67.2 Å². The molecule has 2 aliphatic carbocycles. The van der Waals surface area contributed by atoms with E-state index in [2.05, 4.69) is 16.1 Å². The summed E-state index contributed by atoms with van der Waals surface area (Å²) in [5.74, 6) is -0.123. The Morgan fingerprint density at radius 1 is 0.941 bits per heavy atom. The average molecular weight is 480 g/mol. The lowest BCUT2D eigenvalue weighted by molar-refractivity contribution is 0.0761. The van der Waals surface area contributed by atoms with Gasteiger partial charge in [0.1, 0.15) is 0 Å². The van der Waals surface area contributed by atoms with Crippen LogP contribution in [0.15, 0.2) is 47.9 Å². The molecule has 2 aromatic carbocycles. The van der Waals surface area contributed by atoms with Gasteiger partial charge in [0.05, 0.1) is 6.04 Å². The molecule has 1 aliphatic heterocycles. The molecule has 1 fully saturated rings. The van der Waals surface area contributed by atoms with Crippen LogP contribution in [0.25, 0.3) is 0 Å². The van der Waals surface area contributed by atoms with Crippen LogP contribution in [0.4, 0.5) is 10.5 Å². The van der Waals surface area contributed by atoms with Gasteiger partial charge < -0.3 is 10.2 Å². The van der Waals surface area contributed by atoms with Crippen LogP contribution in [0.1, 0.15) is 58.3 Å². The van der Waals surface area contributed by atoms with Gasteiger partial charge in [-0.1, -0.05) is 24.3 Å². The van der Waals surface area contributed by atoms with Gasteiger partial charge in [0.2, 0.25) is 0 Å². The maximum Gasteiger partial charge on any atom is 0.333 e. The first-order chi connectivity index (χ1) is 16.4. The van der Waals surface area contributed by atoms with Gasteiger partial charge in [-0.15, -0.1) is 0 Å². The van der Waals surface area contributed by atoms with Crippen LogP contribution in [-0.4, -0.2) is 37.8 Å². The van der Waals surface area contributed by atoms with Crippen molar-refractivity contribution < 1.29 is 18.0 Å². The second-order valence-corrected chi connectivity index (χ2v) is 10.8. The molecular weight excluding hydrogens is 450 g/mol. The fourth-order valence-electron chi connectivity index (χ4n) is 5.45. The van der Waals surface area contributed by atoms with Crippen molar-refractivity contribution in [2.24, 2.45) is 0 Å². The van der Waals surface area contributed by atoms with Crippen LogP contribution in [0, 0.1) is 0 Å². The number of anilines is 1. The van der Waals surface area contributed by atoms with Gasteiger partial charge in [-0.05, 0) is 91.8 Å². The Balaban J connectivity index is 1.27. The summed E-state index contributed by atoms with van der Waals surface area (Å²) in [7, 11) is -4.01. The van der Waals surface area contributed by atoms with Crippen molar-refractivity contribution in [1.82, 2.24) is 9.62 Å². The molecule has 2 N–H and O–H groups in total. The zero-order valence-corrected chi connectivity index (χ0v) is 19.9. The van der Waals surface area contributed by atoms with E-state index < -0.39 is 16.1 Å². The molecule has 1 atom stereocenters. The molecule has 1 saturated heterocycles. The Labute approximate surface area is 200 Å². The summed E-state index contributed by atoms with van der Waals surface area (Å²) in [6.07, 6.45) is 8.88. The smallest absolute Gasteiger partial charge is 0.332 e. The van der Waals surface area contributed by atoms with Gasteiger partial charge in [-0.25, -0.2) is 17.9 Å². The van der Waals surface area contributed by atoms with E-state index in [1.165, 1.54) is 17.2 Å². The fraction of sp³-hybridized carbons (Fsp3) is 0.385. The second-order valence-electron chi connectivity index (χ2n) is 9.24. The van der Waals surface area contributed by atoms with Gasteiger partial charge in [0, 0.05) is 23.2 Å². The van der Waals surface area contributed by atoms with E-state index in [0.29, 0.717) is 18.5 Å². The van der Waals surface area contributed by atoms with E-state index in [4.69, 9.17) is 0 Å². The van der Waals surface area contributed by atoms with Crippen LogP contribution in [0.2, 0.25) is 0 Å². The first kappa shape index (κ1) is 22.7. The van der Waals surface area contributed by atoms with Crippen molar-refractivity contribution in [3.63, 3.8) is 0 Å². The molecule has 34 heavy (non-hydrogen) atoms. The van der Waals surface area contributed by atoms with Crippen LogP contribution < -0.4 is 10.0 Å². The molecule has 178 valence electrons. The van der Waals surface area contributed by atoms with Crippen LogP contribution in [0.5, 0.6) is 0 Å². The highest BCUT2D eigenvalue weighted by atomic mass is 32.2. The van der Waals surface area contributed by atoms with Gasteiger partial charge in [-0.3, -0.25) is 4.79 Å². The van der Waals surface area contributed by atoms with Crippen molar-refractivity contribution in [2.75, 3.05) is 11.9 Å². The Morgan fingerprint density at radius 3 is 2.29 bits per heavy atom. The highest BCUT2D eigenvalue weighted by molar-refractivity contribution is 7.92. The second kappa shape index (κ2) is 9.25. The number of carbonyl (C=O) groups excluding carboxylic acids is 2. The summed E-state index contributed by atoms with van der Waals surface area (Å²) in [5.41, 5.74) is 6.20. The SMILES string of the molecule is O=C(Nc1c2c(cc3c1CCC3)CCC2)NS(=O)(=O)/C=C/C1CCCN1C(=O)c1ccccc1. The summed E-state index contributed by atoms with van der Waals surface area (Å²) in [6, 6.07) is 10.1. The lowest BCUT2D eigenvalue weighted by Gasteiger charge is -2.22. The third kappa shape index (κ3) is 4.59. The molecule has 0 saturated carbocycles. The minimum absolute atomic E-state index is 0.123. The van der Waals surface area contributed by atoms with Crippen molar-refractivity contribution in [3.8, 4) is 0 Å². The molecule has 0 spiro atoms. The molecule has 0 aromatic heterocycles. The molecule has 7 nitrogen and oxygen atoms in total. The van der Waals surface area contributed by atoms with Crippen LogP contribution in [0.3, 0.4) is 0 Å². The summed E-state index contributed by atoms with van der Waals surface area (Å²) in [4.78, 5) is 27.2. The van der Waals surface area contributed by atoms with Crippen molar-refractivity contribution in [3.05, 3.63) is 75.7 Å². The molecule has 3 aliphatic rings. The maximum atomic E-state index is 12.8. The molecule has 3 amide bonds. The number of nitrogens with zero attached hydrogens (tertiary/aromatic N) is 1. The number of likely N-dealkylation sites (tertiary alicyclic amines) is 1.